The summed E-state index contributed by atoms with van der Waals surface area (Å²) in [7, 11) is 0. The Morgan fingerprint density at radius 1 is 1.33 bits per heavy atom. The van der Waals surface area contributed by atoms with Gasteiger partial charge in [-0.05, 0) is 33.6 Å². The summed E-state index contributed by atoms with van der Waals surface area (Å²) >= 11 is 3.52. The zero-order chi connectivity index (χ0) is 13.1. The molecule has 3 N–H and O–H groups in total. The smallest absolute Gasteiger partial charge is 0.175 e. The van der Waals surface area contributed by atoms with Crippen molar-refractivity contribution < 1.29 is 9.47 Å². The zero-order valence-corrected chi connectivity index (χ0v) is 12.3. The number of hydrogen-bond acceptors (Lipinski definition) is 4. The summed E-state index contributed by atoms with van der Waals surface area (Å²) in [6.45, 7) is 5.94. The van der Waals surface area contributed by atoms with Crippen molar-refractivity contribution in [2.24, 2.45) is 5.73 Å². The van der Waals surface area contributed by atoms with Gasteiger partial charge in [-0.1, -0.05) is 13.8 Å². The van der Waals surface area contributed by atoms with Gasteiger partial charge in [0.15, 0.2) is 11.5 Å². The molecule has 0 radical (unpaired) electrons. The van der Waals surface area contributed by atoms with Crippen LogP contribution in [-0.2, 0) is 0 Å². The summed E-state index contributed by atoms with van der Waals surface area (Å²) in [5.41, 5.74) is 6.94. The van der Waals surface area contributed by atoms with E-state index in [1.807, 2.05) is 12.1 Å². The van der Waals surface area contributed by atoms with Crippen molar-refractivity contribution in [3.63, 3.8) is 0 Å². The average Bonchev–Trinajstić information content (AvgIpc) is 2.35. The van der Waals surface area contributed by atoms with E-state index in [0.29, 0.717) is 25.8 Å². The van der Waals surface area contributed by atoms with Crippen LogP contribution in [-0.4, -0.2) is 25.8 Å². The third-order valence-corrected chi connectivity index (χ3v) is 3.38. The first kappa shape index (κ1) is 13.6. The lowest BCUT2D eigenvalue weighted by Gasteiger charge is -2.24. The monoisotopic (exact) mass is 314 g/mol. The molecule has 18 heavy (non-hydrogen) atoms. The van der Waals surface area contributed by atoms with Gasteiger partial charge >= 0.3 is 0 Å². The van der Waals surface area contributed by atoms with E-state index in [1.54, 1.807) is 0 Å². The molecule has 100 valence electrons. The molecule has 0 aromatic heterocycles. The van der Waals surface area contributed by atoms with Crippen LogP contribution >= 0.6 is 15.9 Å². The predicted octanol–water partition coefficient (Wildman–Crippen LogP) is 2.22. The molecule has 0 bridgehead atoms. The van der Waals surface area contributed by atoms with Gasteiger partial charge in [0.25, 0.3) is 0 Å². The Labute approximate surface area is 116 Å². The highest BCUT2D eigenvalue weighted by atomic mass is 79.9. The Bertz CT molecular complexity index is 424. The fraction of sp³-hybridized carbons (Fsp3) is 0.538. The van der Waals surface area contributed by atoms with Crippen molar-refractivity contribution in [2.75, 3.05) is 19.8 Å². The van der Waals surface area contributed by atoms with Crippen LogP contribution in [0.25, 0.3) is 0 Å². The molecular weight excluding hydrogens is 296 g/mol. The Morgan fingerprint density at radius 2 is 2.06 bits per heavy atom. The molecule has 0 saturated heterocycles. The van der Waals surface area contributed by atoms with Crippen LogP contribution in [0.15, 0.2) is 16.6 Å². The average molecular weight is 315 g/mol. The Hall–Kier alpha value is -0.780. The second kappa shape index (κ2) is 5.91. The van der Waals surface area contributed by atoms with E-state index in [9.17, 15) is 0 Å². The van der Waals surface area contributed by atoms with Crippen molar-refractivity contribution in [3.05, 3.63) is 22.2 Å². The molecule has 0 aliphatic carbocycles. The molecule has 1 aromatic carbocycles. The van der Waals surface area contributed by atoms with Gasteiger partial charge in [0.1, 0.15) is 13.2 Å². The predicted molar refractivity (Wildman–Crippen MR) is 75.2 cm³/mol. The van der Waals surface area contributed by atoms with Crippen LogP contribution in [0.3, 0.4) is 0 Å². The summed E-state index contributed by atoms with van der Waals surface area (Å²) in [5, 5.41) is 3.44. The van der Waals surface area contributed by atoms with E-state index >= 15 is 0 Å². The molecule has 1 heterocycles. The summed E-state index contributed by atoms with van der Waals surface area (Å²) in [4.78, 5) is 0. The largest absolute Gasteiger partial charge is 0.486 e. The van der Waals surface area contributed by atoms with Crippen LogP contribution in [0.5, 0.6) is 11.5 Å². The van der Waals surface area contributed by atoms with Crippen molar-refractivity contribution in [3.8, 4) is 11.5 Å². The molecule has 0 spiro atoms. The topological polar surface area (TPSA) is 56.5 Å². The fourth-order valence-electron chi connectivity index (χ4n) is 2.03. The maximum atomic E-state index is 5.83. The number of hydrogen-bond donors (Lipinski definition) is 2. The van der Waals surface area contributed by atoms with Crippen molar-refractivity contribution in [1.82, 2.24) is 5.32 Å². The maximum absolute atomic E-state index is 5.83. The van der Waals surface area contributed by atoms with Gasteiger partial charge in [0, 0.05) is 18.6 Å². The van der Waals surface area contributed by atoms with Crippen LogP contribution in [0.2, 0.25) is 0 Å². The summed E-state index contributed by atoms with van der Waals surface area (Å²) in [5.74, 6) is 1.57. The number of fused-ring (bicyclic) bond motifs is 1. The van der Waals surface area contributed by atoms with Gasteiger partial charge in [0.2, 0.25) is 0 Å². The molecular formula is C13H19BrN2O2. The highest BCUT2D eigenvalue weighted by Crippen LogP contribution is 2.39. The number of nitrogens with two attached hydrogens (primary N) is 1. The summed E-state index contributed by atoms with van der Waals surface area (Å²) in [6, 6.07) is 4.55. The van der Waals surface area contributed by atoms with E-state index in [2.05, 4.69) is 35.1 Å². The molecule has 1 unspecified atom stereocenters. The van der Waals surface area contributed by atoms with Gasteiger partial charge in [-0.25, -0.2) is 0 Å². The minimum atomic E-state index is 0.122. The lowest BCUT2D eigenvalue weighted by atomic mass is 10.1. The van der Waals surface area contributed by atoms with Crippen molar-refractivity contribution >= 4 is 15.9 Å². The normalized spacial score (nSPS) is 15.8. The fourth-order valence-corrected chi connectivity index (χ4v) is 2.61. The van der Waals surface area contributed by atoms with Crippen LogP contribution in [0.4, 0.5) is 0 Å². The minimum absolute atomic E-state index is 0.122. The molecule has 5 heteroatoms. The zero-order valence-electron chi connectivity index (χ0n) is 10.7. The van der Waals surface area contributed by atoms with Crippen molar-refractivity contribution in [2.45, 2.75) is 25.9 Å². The highest BCUT2D eigenvalue weighted by molar-refractivity contribution is 9.10. The quantitative estimate of drug-likeness (QED) is 0.894. The van der Waals surface area contributed by atoms with Crippen LogP contribution in [0.1, 0.15) is 25.5 Å². The van der Waals surface area contributed by atoms with Gasteiger partial charge < -0.3 is 20.5 Å². The first-order valence-electron chi connectivity index (χ1n) is 6.17. The van der Waals surface area contributed by atoms with Gasteiger partial charge in [0.05, 0.1) is 4.47 Å². The van der Waals surface area contributed by atoms with E-state index in [-0.39, 0.29) is 6.04 Å². The third kappa shape index (κ3) is 2.96. The summed E-state index contributed by atoms with van der Waals surface area (Å²) in [6.07, 6.45) is 0. The van der Waals surface area contributed by atoms with E-state index in [1.165, 1.54) is 0 Å². The first-order chi connectivity index (χ1) is 8.61. The van der Waals surface area contributed by atoms with E-state index in [0.717, 1.165) is 21.5 Å². The van der Waals surface area contributed by atoms with Crippen molar-refractivity contribution in [1.29, 1.82) is 0 Å². The minimum Gasteiger partial charge on any atom is -0.486 e. The second-order valence-corrected chi connectivity index (χ2v) is 5.49. The first-order valence-corrected chi connectivity index (χ1v) is 6.96. The maximum Gasteiger partial charge on any atom is 0.175 e. The molecule has 0 saturated carbocycles. The van der Waals surface area contributed by atoms with Gasteiger partial charge in [-0.3, -0.25) is 0 Å². The van der Waals surface area contributed by atoms with E-state index < -0.39 is 0 Å². The molecule has 1 aliphatic rings. The standard InChI is InChI=1S/C13H19BrN2O2/c1-8(2)16-11(7-15)9-5-10(14)13-12(6-9)17-3-4-18-13/h5-6,8,11,16H,3-4,7,15H2,1-2H3. The molecule has 4 nitrogen and oxygen atoms in total. The van der Waals surface area contributed by atoms with Crippen LogP contribution < -0.4 is 20.5 Å². The van der Waals surface area contributed by atoms with Gasteiger partial charge in [-0.15, -0.1) is 0 Å². The number of rotatable bonds is 4. The number of benzene rings is 1. The SMILES string of the molecule is CC(C)NC(CN)c1cc(Br)c2c(c1)OCCO2. The molecule has 0 fully saturated rings. The third-order valence-electron chi connectivity index (χ3n) is 2.79. The molecule has 1 aromatic rings. The lowest BCUT2D eigenvalue weighted by Crippen LogP contribution is -2.33. The number of ether oxygens (including phenoxy) is 2. The lowest BCUT2D eigenvalue weighted by molar-refractivity contribution is 0.170. The summed E-state index contributed by atoms with van der Waals surface area (Å²) < 4.78 is 12.1. The molecule has 1 atom stereocenters. The number of nitrogens with one attached hydrogen (secondary N) is 1. The highest BCUT2D eigenvalue weighted by Gasteiger charge is 2.19. The van der Waals surface area contributed by atoms with Crippen LogP contribution in [0, 0.1) is 0 Å². The Morgan fingerprint density at radius 3 is 2.72 bits per heavy atom. The Kier molecular flexibility index (Phi) is 4.48. The second-order valence-electron chi connectivity index (χ2n) is 4.64. The molecule has 1 aliphatic heterocycles. The molecule has 2 rings (SSSR count). The molecule has 0 amide bonds. The van der Waals surface area contributed by atoms with E-state index in [4.69, 9.17) is 15.2 Å². The number of halogens is 1. The van der Waals surface area contributed by atoms with Gasteiger partial charge in [-0.2, -0.15) is 0 Å². The Balaban J connectivity index is 2.30.